The second kappa shape index (κ2) is 5.92. The summed E-state index contributed by atoms with van der Waals surface area (Å²) < 4.78 is 38.1. The molecule has 2 saturated heterocycles. The minimum Gasteiger partial charge on any atom is -0.369 e. The number of hydrogen-bond donors (Lipinski definition) is 0. The highest BCUT2D eigenvalue weighted by Crippen LogP contribution is 2.34. The Hall–Kier alpha value is -2.20. The van der Waals surface area contributed by atoms with Crippen LogP contribution in [0.3, 0.4) is 0 Å². The van der Waals surface area contributed by atoms with Crippen molar-refractivity contribution in [1.82, 2.24) is 19.6 Å². The molecule has 1 amide bonds. The van der Waals surface area contributed by atoms with Gasteiger partial charge in [-0.25, -0.2) is 13.4 Å². The Kier molecular flexibility index (Phi) is 3.92. The molecule has 1 spiro atoms. The highest BCUT2D eigenvalue weighted by Gasteiger charge is 2.54. The molecule has 26 heavy (non-hydrogen) atoms. The van der Waals surface area contributed by atoms with Gasteiger partial charge in [-0.2, -0.15) is 0 Å². The number of hydrogen-bond acceptors (Lipinski definition) is 7. The number of imidazole rings is 1. The number of nitrogens with zero attached hydrogens (tertiary/aromatic N) is 4. The molecule has 0 N–H and O–H groups in total. The molecule has 1 atom stereocenters. The molecule has 0 saturated carbocycles. The quantitative estimate of drug-likeness (QED) is 0.748. The van der Waals surface area contributed by atoms with Gasteiger partial charge in [-0.05, 0) is 13.8 Å². The van der Waals surface area contributed by atoms with Crippen LogP contribution in [0.4, 0.5) is 0 Å². The number of ether oxygens (including phenoxy) is 1. The van der Waals surface area contributed by atoms with Gasteiger partial charge in [0, 0.05) is 18.9 Å². The lowest BCUT2D eigenvalue weighted by atomic mass is 9.94. The topological polar surface area (TPSA) is 108 Å². The van der Waals surface area contributed by atoms with Gasteiger partial charge < -0.3 is 18.7 Å². The van der Waals surface area contributed by atoms with E-state index in [0.29, 0.717) is 23.6 Å². The third-order valence-electron chi connectivity index (χ3n) is 5.01. The van der Waals surface area contributed by atoms with Crippen LogP contribution in [0.2, 0.25) is 0 Å². The fourth-order valence-electron chi connectivity index (χ4n) is 3.62. The van der Waals surface area contributed by atoms with Crippen molar-refractivity contribution in [2.24, 2.45) is 0 Å². The van der Waals surface area contributed by atoms with E-state index >= 15 is 0 Å². The molecular weight excluding hydrogens is 360 g/mol. The van der Waals surface area contributed by atoms with E-state index in [9.17, 15) is 13.2 Å². The fraction of sp³-hybridized carbons (Fsp3) is 0.562. The number of sulfone groups is 1. The van der Waals surface area contributed by atoms with E-state index in [1.165, 1.54) is 0 Å². The Morgan fingerprint density at radius 3 is 2.73 bits per heavy atom. The molecule has 0 radical (unpaired) electrons. The number of amides is 1. The molecule has 9 nitrogen and oxygen atoms in total. The van der Waals surface area contributed by atoms with Crippen molar-refractivity contribution in [3.63, 3.8) is 0 Å². The Labute approximate surface area is 150 Å². The SMILES string of the molecule is Cc1noc(C)c1C(=O)N1CC2(C1)CS(=O)(=O)[C@@H](Cn1ccnc1)CO2. The molecule has 4 heterocycles. The van der Waals surface area contributed by atoms with Crippen LogP contribution < -0.4 is 0 Å². The first-order valence-corrected chi connectivity index (χ1v) is 10.0. The molecule has 0 aromatic carbocycles. The van der Waals surface area contributed by atoms with Gasteiger partial charge in [0.15, 0.2) is 9.84 Å². The standard InChI is InChI=1S/C16H20N4O5S/c1-11-14(12(2)25-18-11)15(21)20-7-16(8-20)9-26(22,23)13(6-24-16)5-19-4-3-17-10-19/h3-4,10,13H,5-9H2,1-2H3/t13-/m0/s1. The molecule has 0 aliphatic carbocycles. The van der Waals surface area contributed by atoms with Gasteiger partial charge in [0.25, 0.3) is 5.91 Å². The summed E-state index contributed by atoms with van der Waals surface area (Å²) in [5.74, 6) is 0.185. The number of aromatic nitrogens is 3. The van der Waals surface area contributed by atoms with Crippen LogP contribution in [0, 0.1) is 13.8 Å². The highest BCUT2D eigenvalue weighted by atomic mass is 32.2. The van der Waals surface area contributed by atoms with Crippen molar-refractivity contribution in [2.45, 2.75) is 31.2 Å². The van der Waals surface area contributed by atoms with Crippen molar-refractivity contribution in [3.05, 3.63) is 35.7 Å². The predicted molar refractivity (Wildman–Crippen MR) is 90.4 cm³/mol. The molecule has 0 unspecified atom stereocenters. The molecular formula is C16H20N4O5S. The van der Waals surface area contributed by atoms with Crippen molar-refractivity contribution < 1.29 is 22.5 Å². The molecule has 2 aromatic rings. The van der Waals surface area contributed by atoms with Crippen LogP contribution in [0.5, 0.6) is 0 Å². The van der Waals surface area contributed by atoms with E-state index < -0.39 is 20.7 Å². The average Bonchev–Trinajstić information content (AvgIpc) is 3.16. The Balaban J connectivity index is 1.43. The van der Waals surface area contributed by atoms with Gasteiger partial charge in [-0.1, -0.05) is 5.16 Å². The van der Waals surface area contributed by atoms with Gasteiger partial charge in [0.2, 0.25) is 0 Å². The van der Waals surface area contributed by atoms with Gasteiger partial charge in [0.1, 0.15) is 22.2 Å². The predicted octanol–water partition coefficient (Wildman–Crippen LogP) is 0.196. The summed E-state index contributed by atoms with van der Waals surface area (Å²) in [6.45, 7) is 4.35. The highest BCUT2D eigenvalue weighted by molar-refractivity contribution is 7.92. The van der Waals surface area contributed by atoms with Crippen LogP contribution >= 0.6 is 0 Å². The van der Waals surface area contributed by atoms with Crippen LogP contribution in [-0.4, -0.2) is 70.2 Å². The smallest absolute Gasteiger partial charge is 0.259 e. The molecule has 4 rings (SSSR count). The summed E-state index contributed by atoms with van der Waals surface area (Å²) in [4.78, 5) is 18.1. The summed E-state index contributed by atoms with van der Waals surface area (Å²) >= 11 is 0. The second-order valence-electron chi connectivity index (χ2n) is 7.04. The van der Waals surface area contributed by atoms with Crippen LogP contribution in [0.1, 0.15) is 21.8 Å². The zero-order valence-corrected chi connectivity index (χ0v) is 15.4. The van der Waals surface area contributed by atoms with Crippen molar-refractivity contribution in [2.75, 3.05) is 25.4 Å². The number of carbonyl (C=O) groups excluding carboxylic acids is 1. The molecule has 140 valence electrons. The van der Waals surface area contributed by atoms with Crippen molar-refractivity contribution in [3.8, 4) is 0 Å². The van der Waals surface area contributed by atoms with Gasteiger partial charge in [0.05, 0.1) is 37.5 Å². The van der Waals surface area contributed by atoms with Gasteiger partial charge in [-0.15, -0.1) is 0 Å². The molecule has 2 aliphatic heterocycles. The van der Waals surface area contributed by atoms with E-state index in [1.54, 1.807) is 42.0 Å². The maximum Gasteiger partial charge on any atom is 0.259 e. The van der Waals surface area contributed by atoms with Gasteiger partial charge >= 0.3 is 0 Å². The average molecular weight is 380 g/mol. The Bertz CT molecular complexity index is 909. The number of likely N-dealkylation sites (tertiary alicyclic amines) is 1. The zero-order chi connectivity index (χ0) is 18.5. The molecule has 0 bridgehead atoms. The Morgan fingerprint density at radius 1 is 1.38 bits per heavy atom. The largest absolute Gasteiger partial charge is 0.369 e. The zero-order valence-electron chi connectivity index (χ0n) is 14.6. The van der Waals surface area contributed by atoms with E-state index in [4.69, 9.17) is 9.26 Å². The maximum absolute atomic E-state index is 12.7. The van der Waals surface area contributed by atoms with Gasteiger partial charge in [-0.3, -0.25) is 4.79 Å². The molecule has 2 aliphatic rings. The van der Waals surface area contributed by atoms with Crippen LogP contribution in [-0.2, 0) is 21.1 Å². The van der Waals surface area contributed by atoms with Crippen LogP contribution in [0.15, 0.2) is 23.2 Å². The number of rotatable bonds is 3. The third kappa shape index (κ3) is 2.82. The van der Waals surface area contributed by atoms with E-state index in [0.717, 1.165) is 0 Å². The monoisotopic (exact) mass is 380 g/mol. The third-order valence-corrected chi connectivity index (χ3v) is 7.24. The molecule has 2 fully saturated rings. The lowest BCUT2D eigenvalue weighted by Crippen LogP contribution is -2.70. The minimum atomic E-state index is -3.33. The first-order valence-electron chi connectivity index (χ1n) is 8.33. The number of carbonyl (C=O) groups is 1. The molecule has 10 heteroatoms. The Morgan fingerprint density at radius 2 is 2.15 bits per heavy atom. The summed E-state index contributed by atoms with van der Waals surface area (Å²) in [7, 11) is -3.33. The summed E-state index contributed by atoms with van der Waals surface area (Å²) in [6, 6.07) is 0. The summed E-state index contributed by atoms with van der Waals surface area (Å²) in [5.41, 5.74) is 0.168. The van der Waals surface area contributed by atoms with E-state index in [-0.39, 0.29) is 31.4 Å². The fourth-order valence-corrected chi connectivity index (χ4v) is 5.53. The summed E-state index contributed by atoms with van der Waals surface area (Å²) in [5, 5.41) is 3.19. The first-order chi connectivity index (χ1) is 12.3. The van der Waals surface area contributed by atoms with Crippen LogP contribution in [0.25, 0.3) is 0 Å². The minimum absolute atomic E-state index is 0.0786. The second-order valence-corrected chi connectivity index (χ2v) is 9.32. The molecule has 2 aromatic heterocycles. The summed E-state index contributed by atoms with van der Waals surface area (Å²) in [6.07, 6.45) is 4.93. The normalized spacial score (nSPS) is 23.8. The lowest BCUT2D eigenvalue weighted by Gasteiger charge is -2.52. The lowest BCUT2D eigenvalue weighted by molar-refractivity contribution is -0.121. The maximum atomic E-state index is 12.7. The van der Waals surface area contributed by atoms with Crippen molar-refractivity contribution >= 4 is 15.7 Å². The number of aryl methyl sites for hydroxylation is 2. The van der Waals surface area contributed by atoms with E-state index in [1.807, 2.05) is 0 Å². The first kappa shape index (κ1) is 17.2. The van der Waals surface area contributed by atoms with Crippen molar-refractivity contribution in [1.29, 1.82) is 0 Å². The van der Waals surface area contributed by atoms with E-state index in [2.05, 4.69) is 10.1 Å².